The molecule has 144 valence electrons. The minimum atomic E-state index is -0.427. The molecular weight excluding hydrogens is 353 g/mol. The number of benzene rings is 3. The van der Waals surface area contributed by atoms with Gasteiger partial charge in [-0.25, -0.2) is 4.39 Å². The number of hydrogen-bond donors (Lipinski definition) is 1. The van der Waals surface area contributed by atoms with Crippen molar-refractivity contribution in [3.05, 3.63) is 95.3 Å². The summed E-state index contributed by atoms with van der Waals surface area (Å²) in [5.41, 5.74) is 9.88. The second kappa shape index (κ2) is 8.57. The number of carbonyl (C=O) groups excluding carboxylic acids is 1. The quantitative estimate of drug-likeness (QED) is 0.651. The van der Waals surface area contributed by atoms with Crippen LogP contribution < -0.4 is 10.6 Å². The van der Waals surface area contributed by atoms with Gasteiger partial charge in [0.1, 0.15) is 5.82 Å². The smallest absolute Gasteiger partial charge is 0.254 e. The SMILES string of the molecule is CN(C)c1ccc(N)cc1CN(Cc1ccccc1)C(=O)c1cccc(F)c1. The molecule has 0 aliphatic rings. The number of hydrogen-bond acceptors (Lipinski definition) is 3. The molecular formula is C23H24FN3O. The maximum absolute atomic E-state index is 13.7. The predicted molar refractivity (Wildman–Crippen MR) is 112 cm³/mol. The van der Waals surface area contributed by atoms with Gasteiger partial charge in [0.05, 0.1) is 0 Å². The van der Waals surface area contributed by atoms with E-state index in [9.17, 15) is 9.18 Å². The fourth-order valence-electron chi connectivity index (χ4n) is 3.18. The molecule has 0 aliphatic carbocycles. The maximum Gasteiger partial charge on any atom is 0.254 e. The van der Waals surface area contributed by atoms with Crippen LogP contribution in [0.3, 0.4) is 0 Å². The molecule has 0 heterocycles. The number of anilines is 2. The van der Waals surface area contributed by atoms with E-state index in [0.29, 0.717) is 24.3 Å². The van der Waals surface area contributed by atoms with Crippen LogP contribution in [0.25, 0.3) is 0 Å². The van der Waals surface area contributed by atoms with Crippen molar-refractivity contribution in [1.29, 1.82) is 0 Å². The average Bonchev–Trinajstić information content (AvgIpc) is 2.67. The van der Waals surface area contributed by atoms with Gasteiger partial charge in [-0.2, -0.15) is 0 Å². The molecule has 0 bridgehead atoms. The van der Waals surface area contributed by atoms with Gasteiger partial charge in [-0.1, -0.05) is 36.4 Å². The van der Waals surface area contributed by atoms with Crippen LogP contribution in [-0.2, 0) is 13.1 Å². The third-order valence-electron chi connectivity index (χ3n) is 4.52. The number of carbonyl (C=O) groups is 1. The first-order valence-corrected chi connectivity index (χ1v) is 9.08. The van der Waals surface area contributed by atoms with Gasteiger partial charge >= 0.3 is 0 Å². The molecule has 0 aliphatic heterocycles. The monoisotopic (exact) mass is 377 g/mol. The van der Waals surface area contributed by atoms with E-state index in [2.05, 4.69) is 0 Å². The zero-order valence-corrected chi connectivity index (χ0v) is 16.1. The van der Waals surface area contributed by atoms with Gasteiger partial charge in [0.2, 0.25) is 0 Å². The standard InChI is InChI=1S/C23H24FN3O/c1-26(2)22-12-11-21(25)14-19(22)16-27(15-17-7-4-3-5-8-17)23(28)18-9-6-10-20(24)13-18/h3-14H,15-16,25H2,1-2H3. The van der Waals surface area contributed by atoms with Gasteiger partial charge in [0.25, 0.3) is 5.91 Å². The third kappa shape index (κ3) is 4.68. The zero-order valence-electron chi connectivity index (χ0n) is 16.1. The Morgan fingerprint density at radius 1 is 0.929 bits per heavy atom. The van der Waals surface area contributed by atoms with Gasteiger partial charge in [0.15, 0.2) is 0 Å². The highest BCUT2D eigenvalue weighted by molar-refractivity contribution is 5.94. The largest absolute Gasteiger partial charge is 0.399 e. The van der Waals surface area contributed by atoms with E-state index in [-0.39, 0.29) is 5.91 Å². The number of nitrogens with two attached hydrogens (primary N) is 1. The summed E-state index contributed by atoms with van der Waals surface area (Å²) in [5, 5.41) is 0. The summed E-state index contributed by atoms with van der Waals surface area (Å²) in [6.45, 7) is 0.778. The normalized spacial score (nSPS) is 10.5. The fourth-order valence-corrected chi connectivity index (χ4v) is 3.18. The summed E-state index contributed by atoms with van der Waals surface area (Å²) < 4.78 is 13.7. The number of nitrogens with zero attached hydrogens (tertiary/aromatic N) is 2. The Morgan fingerprint density at radius 3 is 2.36 bits per heavy atom. The highest BCUT2D eigenvalue weighted by Gasteiger charge is 2.19. The Kier molecular flexibility index (Phi) is 5.94. The van der Waals surface area contributed by atoms with Crippen LogP contribution in [0.5, 0.6) is 0 Å². The van der Waals surface area contributed by atoms with Crippen molar-refractivity contribution in [2.75, 3.05) is 24.7 Å². The van der Waals surface area contributed by atoms with Gasteiger partial charge in [0, 0.05) is 44.1 Å². The Hall–Kier alpha value is -3.34. The molecule has 0 fully saturated rings. The van der Waals surface area contributed by atoms with Crippen molar-refractivity contribution in [2.45, 2.75) is 13.1 Å². The van der Waals surface area contributed by atoms with E-state index >= 15 is 0 Å². The van der Waals surface area contributed by atoms with E-state index in [1.807, 2.05) is 67.5 Å². The fraction of sp³-hybridized carbons (Fsp3) is 0.174. The van der Waals surface area contributed by atoms with Crippen LogP contribution in [0.1, 0.15) is 21.5 Å². The first-order chi connectivity index (χ1) is 13.4. The first kappa shape index (κ1) is 19.4. The average molecular weight is 377 g/mol. The maximum atomic E-state index is 13.7. The van der Waals surface area contributed by atoms with Gasteiger partial charge in [-0.05, 0) is 47.5 Å². The van der Waals surface area contributed by atoms with Crippen molar-refractivity contribution >= 4 is 17.3 Å². The molecule has 0 saturated carbocycles. The topological polar surface area (TPSA) is 49.6 Å². The Bertz CT molecular complexity index is 957. The summed E-state index contributed by atoms with van der Waals surface area (Å²) >= 11 is 0. The Morgan fingerprint density at radius 2 is 1.68 bits per heavy atom. The lowest BCUT2D eigenvalue weighted by atomic mass is 10.1. The molecule has 0 unspecified atom stereocenters. The molecule has 0 aromatic heterocycles. The molecule has 0 atom stereocenters. The molecule has 0 spiro atoms. The minimum Gasteiger partial charge on any atom is -0.399 e. The van der Waals surface area contributed by atoms with Gasteiger partial charge in [-0.3, -0.25) is 4.79 Å². The predicted octanol–water partition coefficient (Wildman–Crippen LogP) is 4.32. The molecule has 3 aromatic carbocycles. The molecule has 4 nitrogen and oxygen atoms in total. The van der Waals surface area contributed by atoms with Crippen molar-refractivity contribution in [3.8, 4) is 0 Å². The minimum absolute atomic E-state index is 0.226. The molecule has 0 saturated heterocycles. The highest BCUT2D eigenvalue weighted by atomic mass is 19.1. The molecule has 1 amide bonds. The van der Waals surface area contributed by atoms with Crippen LogP contribution >= 0.6 is 0 Å². The van der Waals surface area contributed by atoms with Crippen molar-refractivity contribution in [1.82, 2.24) is 4.90 Å². The molecule has 5 heteroatoms. The van der Waals surface area contributed by atoms with E-state index in [4.69, 9.17) is 5.73 Å². The van der Waals surface area contributed by atoms with E-state index in [1.54, 1.807) is 17.0 Å². The third-order valence-corrected chi connectivity index (χ3v) is 4.52. The van der Waals surface area contributed by atoms with E-state index < -0.39 is 5.82 Å². The lowest BCUT2D eigenvalue weighted by Gasteiger charge is -2.26. The van der Waals surface area contributed by atoms with E-state index in [0.717, 1.165) is 16.8 Å². The first-order valence-electron chi connectivity index (χ1n) is 9.08. The van der Waals surface area contributed by atoms with Gasteiger partial charge in [-0.15, -0.1) is 0 Å². The van der Waals surface area contributed by atoms with Gasteiger partial charge < -0.3 is 15.5 Å². The Balaban J connectivity index is 1.97. The van der Waals surface area contributed by atoms with Crippen molar-refractivity contribution in [2.24, 2.45) is 0 Å². The molecule has 28 heavy (non-hydrogen) atoms. The number of rotatable bonds is 6. The lowest BCUT2D eigenvalue weighted by Crippen LogP contribution is -2.31. The second-order valence-corrected chi connectivity index (χ2v) is 6.94. The molecule has 3 aromatic rings. The van der Waals surface area contributed by atoms with Crippen LogP contribution in [0.4, 0.5) is 15.8 Å². The van der Waals surface area contributed by atoms with Crippen LogP contribution in [0.2, 0.25) is 0 Å². The molecule has 2 N–H and O–H groups in total. The number of amides is 1. The number of nitrogen functional groups attached to an aromatic ring is 1. The van der Waals surface area contributed by atoms with Crippen LogP contribution in [-0.4, -0.2) is 24.9 Å². The number of halogens is 1. The molecule has 3 rings (SSSR count). The lowest BCUT2D eigenvalue weighted by molar-refractivity contribution is 0.0730. The summed E-state index contributed by atoms with van der Waals surface area (Å²) in [5.74, 6) is -0.654. The Labute approximate surface area is 165 Å². The van der Waals surface area contributed by atoms with E-state index in [1.165, 1.54) is 12.1 Å². The van der Waals surface area contributed by atoms with Crippen LogP contribution in [0, 0.1) is 5.82 Å². The van der Waals surface area contributed by atoms with Crippen molar-refractivity contribution < 1.29 is 9.18 Å². The van der Waals surface area contributed by atoms with Crippen molar-refractivity contribution in [3.63, 3.8) is 0 Å². The second-order valence-electron chi connectivity index (χ2n) is 6.94. The summed E-state index contributed by atoms with van der Waals surface area (Å²) in [6, 6.07) is 21.2. The molecule has 0 radical (unpaired) electrons. The highest BCUT2D eigenvalue weighted by Crippen LogP contribution is 2.25. The summed E-state index contributed by atoms with van der Waals surface area (Å²) in [4.78, 5) is 16.9. The summed E-state index contributed by atoms with van der Waals surface area (Å²) in [7, 11) is 3.90. The van der Waals surface area contributed by atoms with Crippen LogP contribution in [0.15, 0.2) is 72.8 Å². The summed E-state index contributed by atoms with van der Waals surface area (Å²) in [6.07, 6.45) is 0. The zero-order chi connectivity index (χ0) is 20.1.